The molecule has 1 N–H and O–H groups in total. The molecule has 172 valence electrons. The van der Waals surface area contributed by atoms with Gasteiger partial charge in [-0.3, -0.25) is 4.99 Å². The van der Waals surface area contributed by atoms with Crippen molar-refractivity contribution < 1.29 is 9.47 Å². The number of hydrogen-bond donors (Lipinski definition) is 1. The first kappa shape index (κ1) is 25.9. The number of benzene rings is 1. The Kier molecular flexibility index (Phi) is 10.7. The van der Waals surface area contributed by atoms with Crippen LogP contribution in [0.3, 0.4) is 0 Å². The maximum absolute atomic E-state index is 6.12. The third-order valence-electron chi connectivity index (χ3n) is 4.44. The standard InChI is InChI=1S/C23H29N5O2S.HI/c1-5-13-29-20-10-6-7-11-21(20)30-22-18(9-8-12-25-22)14-26-23(24-3)28(4)15-19-16-31-17(2)27-19;/h6-12,16H,5,13-15H2,1-4H3,(H,24,26);1H. The Hall–Kier alpha value is -2.40. The third kappa shape index (κ3) is 7.33. The van der Waals surface area contributed by atoms with Crippen LogP contribution in [0, 0.1) is 6.92 Å². The molecule has 0 fully saturated rings. The number of nitrogens with one attached hydrogen (secondary N) is 1. The normalized spacial score (nSPS) is 10.9. The summed E-state index contributed by atoms with van der Waals surface area (Å²) in [6.07, 6.45) is 2.65. The van der Waals surface area contributed by atoms with E-state index in [1.165, 1.54) is 0 Å². The summed E-state index contributed by atoms with van der Waals surface area (Å²) in [6.45, 7) is 5.93. The summed E-state index contributed by atoms with van der Waals surface area (Å²) in [5, 5.41) is 6.52. The fraction of sp³-hybridized carbons (Fsp3) is 0.348. The maximum Gasteiger partial charge on any atom is 0.224 e. The second-order valence-corrected chi connectivity index (χ2v) is 8.04. The lowest BCUT2D eigenvalue weighted by Gasteiger charge is -2.21. The van der Waals surface area contributed by atoms with Gasteiger partial charge in [-0.1, -0.05) is 25.1 Å². The molecule has 1 aromatic carbocycles. The minimum Gasteiger partial charge on any atom is -0.490 e. The molecule has 2 aromatic heterocycles. The molecule has 0 saturated heterocycles. The van der Waals surface area contributed by atoms with Gasteiger partial charge < -0.3 is 19.7 Å². The van der Waals surface area contributed by atoms with Crippen molar-refractivity contribution in [2.45, 2.75) is 33.4 Å². The van der Waals surface area contributed by atoms with Crippen LogP contribution in [0.4, 0.5) is 0 Å². The summed E-state index contributed by atoms with van der Waals surface area (Å²) < 4.78 is 11.9. The van der Waals surface area contributed by atoms with Crippen molar-refractivity contribution in [2.75, 3.05) is 20.7 Å². The van der Waals surface area contributed by atoms with Crippen LogP contribution in [0.25, 0.3) is 0 Å². The van der Waals surface area contributed by atoms with Gasteiger partial charge in [0.25, 0.3) is 0 Å². The molecule has 0 saturated carbocycles. The average molecular weight is 567 g/mol. The van der Waals surface area contributed by atoms with Crippen molar-refractivity contribution >= 4 is 41.3 Å². The molecule has 3 aromatic rings. The van der Waals surface area contributed by atoms with E-state index in [4.69, 9.17) is 9.47 Å². The van der Waals surface area contributed by atoms with E-state index in [-0.39, 0.29) is 24.0 Å². The Morgan fingerprint density at radius 1 is 1.19 bits per heavy atom. The molecule has 7 nitrogen and oxygen atoms in total. The fourth-order valence-corrected chi connectivity index (χ4v) is 3.58. The number of para-hydroxylation sites is 2. The molecule has 32 heavy (non-hydrogen) atoms. The minimum atomic E-state index is 0. The maximum atomic E-state index is 6.12. The highest BCUT2D eigenvalue weighted by Gasteiger charge is 2.13. The average Bonchev–Trinajstić information content (AvgIpc) is 3.19. The molecule has 0 aliphatic heterocycles. The number of halogens is 1. The summed E-state index contributed by atoms with van der Waals surface area (Å²) in [6, 6.07) is 11.5. The number of pyridine rings is 1. The van der Waals surface area contributed by atoms with Gasteiger partial charge in [-0.05, 0) is 31.5 Å². The van der Waals surface area contributed by atoms with E-state index in [0.29, 0.717) is 37.1 Å². The van der Waals surface area contributed by atoms with Gasteiger partial charge in [-0.2, -0.15) is 0 Å². The highest BCUT2D eigenvalue weighted by Crippen LogP contribution is 2.31. The number of thiazole rings is 1. The Balaban J connectivity index is 0.00000363. The van der Waals surface area contributed by atoms with Gasteiger partial charge in [0.1, 0.15) is 0 Å². The molecule has 0 bridgehead atoms. The molecular weight excluding hydrogens is 537 g/mol. The second-order valence-electron chi connectivity index (χ2n) is 6.98. The van der Waals surface area contributed by atoms with E-state index >= 15 is 0 Å². The molecule has 9 heteroatoms. The van der Waals surface area contributed by atoms with E-state index in [0.717, 1.165) is 28.6 Å². The molecule has 0 radical (unpaired) electrons. The first-order valence-corrected chi connectivity index (χ1v) is 11.1. The van der Waals surface area contributed by atoms with Gasteiger partial charge in [-0.15, -0.1) is 35.3 Å². The van der Waals surface area contributed by atoms with Crippen LogP contribution in [0.2, 0.25) is 0 Å². The number of aryl methyl sites for hydroxylation is 1. The van der Waals surface area contributed by atoms with Gasteiger partial charge in [0, 0.05) is 37.8 Å². The predicted octanol–water partition coefficient (Wildman–Crippen LogP) is 5.25. The first-order valence-electron chi connectivity index (χ1n) is 10.3. The van der Waals surface area contributed by atoms with E-state index in [1.54, 1.807) is 24.6 Å². The summed E-state index contributed by atoms with van der Waals surface area (Å²) in [7, 11) is 3.76. The summed E-state index contributed by atoms with van der Waals surface area (Å²) in [4.78, 5) is 15.4. The number of aromatic nitrogens is 2. The lowest BCUT2D eigenvalue weighted by atomic mass is 10.2. The molecular formula is C23H30IN5O2S. The minimum absolute atomic E-state index is 0. The smallest absolute Gasteiger partial charge is 0.224 e. The van der Waals surface area contributed by atoms with Gasteiger partial charge in [0.15, 0.2) is 17.5 Å². The zero-order valence-electron chi connectivity index (χ0n) is 18.9. The second kappa shape index (κ2) is 13.2. The van der Waals surface area contributed by atoms with E-state index in [2.05, 4.69) is 32.6 Å². The molecule has 3 rings (SSSR count). The Morgan fingerprint density at radius 3 is 2.66 bits per heavy atom. The lowest BCUT2D eigenvalue weighted by Crippen LogP contribution is -2.38. The molecule has 2 heterocycles. The van der Waals surface area contributed by atoms with Crippen LogP contribution in [0.15, 0.2) is 53.0 Å². The number of guanidine groups is 1. The van der Waals surface area contributed by atoms with Crippen LogP contribution < -0.4 is 14.8 Å². The van der Waals surface area contributed by atoms with Crippen LogP contribution in [-0.4, -0.2) is 41.5 Å². The summed E-state index contributed by atoms with van der Waals surface area (Å²) in [5.74, 6) is 2.67. The van der Waals surface area contributed by atoms with Crippen molar-refractivity contribution in [1.29, 1.82) is 0 Å². The van der Waals surface area contributed by atoms with E-state index in [9.17, 15) is 0 Å². The Morgan fingerprint density at radius 2 is 1.97 bits per heavy atom. The highest BCUT2D eigenvalue weighted by molar-refractivity contribution is 14.0. The quantitative estimate of drug-likeness (QED) is 0.216. The molecule has 0 aliphatic carbocycles. The summed E-state index contributed by atoms with van der Waals surface area (Å²) in [5.41, 5.74) is 1.95. The third-order valence-corrected chi connectivity index (χ3v) is 5.27. The van der Waals surface area contributed by atoms with Crippen molar-refractivity contribution in [2.24, 2.45) is 4.99 Å². The molecule has 0 unspecified atom stereocenters. The highest BCUT2D eigenvalue weighted by atomic mass is 127. The largest absolute Gasteiger partial charge is 0.490 e. The number of hydrogen-bond acceptors (Lipinski definition) is 6. The van der Waals surface area contributed by atoms with Gasteiger partial charge in [0.2, 0.25) is 5.88 Å². The van der Waals surface area contributed by atoms with Gasteiger partial charge >= 0.3 is 0 Å². The van der Waals surface area contributed by atoms with Gasteiger partial charge in [-0.25, -0.2) is 9.97 Å². The van der Waals surface area contributed by atoms with Crippen molar-refractivity contribution in [1.82, 2.24) is 20.2 Å². The lowest BCUT2D eigenvalue weighted by molar-refractivity contribution is 0.300. The van der Waals surface area contributed by atoms with Crippen LogP contribution in [0.1, 0.15) is 29.6 Å². The molecule has 0 spiro atoms. The fourth-order valence-electron chi connectivity index (χ4n) is 2.98. The number of ether oxygens (including phenoxy) is 2. The predicted molar refractivity (Wildman–Crippen MR) is 140 cm³/mol. The van der Waals surface area contributed by atoms with Crippen LogP contribution >= 0.6 is 35.3 Å². The van der Waals surface area contributed by atoms with Crippen LogP contribution in [0.5, 0.6) is 17.4 Å². The van der Waals surface area contributed by atoms with E-state index < -0.39 is 0 Å². The van der Waals surface area contributed by atoms with Crippen molar-refractivity contribution in [3.63, 3.8) is 0 Å². The van der Waals surface area contributed by atoms with Crippen molar-refractivity contribution in [3.05, 3.63) is 64.2 Å². The zero-order valence-corrected chi connectivity index (χ0v) is 22.0. The Labute approximate surface area is 210 Å². The Bertz CT molecular complexity index is 1010. The number of nitrogens with zero attached hydrogens (tertiary/aromatic N) is 4. The van der Waals surface area contributed by atoms with Gasteiger partial charge in [0.05, 0.1) is 23.9 Å². The molecule has 0 atom stereocenters. The SMILES string of the molecule is CCCOc1ccccc1Oc1ncccc1CNC(=NC)N(C)Cc1csc(C)n1.I. The van der Waals surface area contributed by atoms with E-state index in [1.807, 2.05) is 55.3 Å². The topological polar surface area (TPSA) is 71.9 Å². The number of rotatable bonds is 9. The van der Waals surface area contributed by atoms with Crippen molar-refractivity contribution in [3.8, 4) is 17.4 Å². The number of aliphatic imine (C=N–C) groups is 1. The first-order chi connectivity index (χ1) is 15.1. The summed E-state index contributed by atoms with van der Waals surface area (Å²) >= 11 is 1.65. The zero-order chi connectivity index (χ0) is 22.1. The monoisotopic (exact) mass is 567 g/mol. The molecule has 0 aliphatic rings. The van der Waals surface area contributed by atoms with Crippen LogP contribution in [-0.2, 0) is 13.1 Å². The molecule has 0 amide bonds.